The number of allylic oxidation sites excluding steroid dienone is 3. The monoisotopic (exact) mass is 383 g/mol. The van der Waals surface area contributed by atoms with Crippen molar-refractivity contribution in [2.24, 2.45) is 4.99 Å². The number of fused-ring (bicyclic) bond motifs is 2. The molecule has 2 nitrogen and oxygen atoms in total. The molecule has 0 N–H and O–H groups in total. The smallest absolute Gasteiger partial charge is 0.0794 e. The number of rotatable bonds is 2. The molecule has 5 rings (SSSR count). The molecule has 0 radical (unpaired) electrons. The molecule has 2 atom stereocenters. The Kier molecular flexibility index (Phi) is 4.53. The zero-order valence-corrected chi connectivity index (χ0v) is 16.4. The first-order valence-electron chi connectivity index (χ1n) is 9.71. The Morgan fingerprint density at radius 2 is 1.75 bits per heavy atom. The summed E-state index contributed by atoms with van der Waals surface area (Å²) in [5.74, 6) is 0. The number of para-hydroxylation sites is 1. The third-order valence-electron chi connectivity index (χ3n) is 5.52. The number of benzene rings is 3. The first-order chi connectivity index (χ1) is 13.8. The summed E-state index contributed by atoms with van der Waals surface area (Å²) >= 11 is 0. The molecule has 0 bridgehead atoms. The molecule has 3 aromatic rings. The van der Waals surface area contributed by atoms with Gasteiger partial charge < -0.3 is 0 Å². The highest BCUT2D eigenvalue weighted by molar-refractivity contribution is 7.86. The maximum absolute atomic E-state index is 13.5. The molecule has 0 aromatic heterocycles. The Balaban J connectivity index is 1.65. The van der Waals surface area contributed by atoms with E-state index in [4.69, 9.17) is 4.99 Å². The second-order valence-electron chi connectivity index (χ2n) is 7.29. The van der Waals surface area contributed by atoms with E-state index >= 15 is 0 Å². The van der Waals surface area contributed by atoms with Crippen LogP contribution in [0.1, 0.15) is 24.8 Å². The summed E-state index contributed by atoms with van der Waals surface area (Å²) in [5.41, 5.74) is 4.23. The average molecular weight is 384 g/mol. The first kappa shape index (κ1) is 17.3. The molecule has 1 heterocycles. The van der Waals surface area contributed by atoms with Crippen LogP contribution in [-0.2, 0) is 10.8 Å². The number of nitrogens with zero attached hydrogens (tertiary/aromatic N) is 1. The van der Waals surface area contributed by atoms with Gasteiger partial charge in [-0.25, -0.2) is 0 Å². The van der Waals surface area contributed by atoms with Gasteiger partial charge in [-0.15, -0.1) is 0 Å². The lowest BCUT2D eigenvalue weighted by Crippen LogP contribution is -2.22. The zero-order chi connectivity index (χ0) is 18.9. The van der Waals surface area contributed by atoms with E-state index in [1.807, 2.05) is 24.3 Å². The van der Waals surface area contributed by atoms with Gasteiger partial charge in [0.15, 0.2) is 0 Å². The van der Waals surface area contributed by atoms with E-state index in [1.54, 1.807) is 0 Å². The van der Waals surface area contributed by atoms with Crippen LogP contribution in [0.2, 0.25) is 0 Å². The minimum Gasteiger partial charge on any atom is -0.254 e. The zero-order valence-electron chi connectivity index (χ0n) is 15.5. The Morgan fingerprint density at radius 3 is 2.61 bits per heavy atom. The maximum Gasteiger partial charge on any atom is 0.0794 e. The molecule has 0 saturated carbocycles. The predicted octanol–water partition coefficient (Wildman–Crippen LogP) is 6.12. The van der Waals surface area contributed by atoms with Gasteiger partial charge in [0, 0.05) is 12.1 Å². The van der Waals surface area contributed by atoms with Crippen molar-refractivity contribution in [1.82, 2.24) is 0 Å². The molecule has 0 saturated heterocycles. The van der Waals surface area contributed by atoms with E-state index in [0.29, 0.717) is 6.42 Å². The van der Waals surface area contributed by atoms with Gasteiger partial charge in [0.05, 0.1) is 26.6 Å². The van der Waals surface area contributed by atoms with E-state index in [1.165, 1.54) is 16.3 Å². The van der Waals surface area contributed by atoms with Crippen LogP contribution in [-0.4, -0.2) is 15.2 Å². The van der Waals surface area contributed by atoms with Gasteiger partial charge >= 0.3 is 0 Å². The van der Waals surface area contributed by atoms with Crippen LogP contribution in [0, 0.1) is 0 Å². The quantitative estimate of drug-likeness (QED) is 0.524. The molecule has 138 valence electrons. The second-order valence-corrected chi connectivity index (χ2v) is 8.89. The van der Waals surface area contributed by atoms with E-state index in [9.17, 15) is 4.21 Å². The van der Waals surface area contributed by atoms with Crippen LogP contribution in [0.4, 0.5) is 5.69 Å². The summed E-state index contributed by atoms with van der Waals surface area (Å²) < 4.78 is 13.5. The Hall–Kier alpha value is -2.78. The Bertz CT molecular complexity index is 1170. The second kappa shape index (κ2) is 7.33. The van der Waals surface area contributed by atoms with Crippen molar-refractivity contribution < 1.29 is 4.21 Å². The summed E-state index contributed by atoms with van der Waals surface area (Å²) in [6.07, 6.45) is 9.11. The first-order valence-corrected chi connectivity index (χ1v) is 10.9. The van der Waals surface area contributed by atoms with Crippen LogP contribution in [0.5, 0.6) is 0 Å². The van der Waals surface area contributed by atoms with Gasteiger partial charge in [0.25, 0.3) is 0 Å². The molecule has 0 amide bonds. The minimum absolute atomic E-state index is 0.0289. The summed E-state index contributed by atoms with van der Waals surface area (Å²) in [7, 11) is -1.11. The molecular formula is C25H21NOS. The van der Waals surface area contributed by atoms with Crippen molar-refractivity contribution in [3.05, 3.63) is 96.1 Å². The fourth-order valence-electron chi connectivity index (χ4n) is 4.02. The molecule has 0 unspecified atom stereocenters. The highest BCUT2D eigenvalue weighted by Crippen LogP contribution is 2.35. The van der Waals surface area contributed by atoms with E-state index in [-0.39, 0.29) is 5.25 Å². The number of hydrogen-bond donors (Lipinski definition) is 0. The van der Waals surface area contributed by atoms with Gasteiger partial charge in [-0.05, 0) is 47.4 Å². The van der Waals surface area contributed by atoms with Gasteiger partial charge in [0.2, 0.25) is 0 Å². The third-order valence-corrected chi connectivity index (χ3v) is 7.28. The summed E-state index contributed by atoms with van der Waals surface area (Å²) in [4.78, 5) is 5.84. The number of hydrogen-bond acceptors (Lipinski definition) is 2. The van der Waals surface area contributed by atoms with Crippen LogP contribution >= 0.6 is 0 Å². The standard InChI is InChI=1S/C25H21NOS/c27-28-24-13-7-6-12-22(24)26-23(17-25(28)19-9-2-1-3-10-19)21-15-14-18-8-4-5-11-20(18)16-21/h1-2,4-9,11-16,25H,3,10,17H2/t25-,28+/m0/s1. The van der Waals surface area contributed by atoms with Crippen LogP contribution in [0.3, 0.4) is 0 Å². The van der Waals surface area contributed by atoms with Crippen molar-refractivity contribution in [2.75, 3.05) is 0 Å². The van der Waals surface area contributed by atoms with Crippen molar-refractivity contribution in [3.8, 4) is 0 Å². The van der Waals surface area contributed by atoms with Gasteiger partial charge in [-0.3, -0.25) is 9.20 Å². The van der Waals surface area contributed by atoms with Crippen molar-refractivity contribution in [3.63, 3.8) is 0 Å². The normalized spacial score (nSPS) is 21.6. The highest BCUT2D eigenvalue weighted by Gasteiger charge is 2.29. The maximum atomic E-state index is 13.5. The van der Waals surface area contributed by atoms with Crippen LogP contribution in [0.15, 0.2) is 100 Å². The summed E-state index contributed by atoms with van der Waals surface area (Å²) in [6.45, 7) is 0. The van der Waals surface area contributed by atoms with Crippen LogP contribution < -0.4 is 0 Å². The highest BCUT2D eigenvalue weighted by atomic mass is 32.2. The fourth-order valence-corrected chi connectivity index (χ4v) is 5.64. The van der Waals surface area contributed by atoms with E-state index < -0.39 is 10.8 Å². The Labute approximate surface area is 167 Å². The third kappa shape index (κ3) is 3.16. The minimum atomic E-state index is -1.11. The van der Waals surface area contributed by atoms with Gasteiger partial charge in [0.1, 0.15) is 0 Å². The SMILES string of the molecule is O=[S@@]1c2ccccc2N=C(c2ccc3ccccc3c2)C[C@H]1C1=CC=CCC1. The lowest BCUT2D eigenvalue weighted by Gasteiger charge is -2.20. The van der Waals surface area contributed by atoms with E-state index in [0.717, 1.165) is 34.7 Å². The predicted molar refractivity (Wildman–Crippen MR) is 118 cm³/mol. The van der Waals surface area contributed by atoms with Crippen molar-refractivity contribution in [1.29, 1.82) is 0 Å². The van der Waals surface area contributed by atoms with Gasteiger partial charge in [-0.1, -0.05) is 72.3 Å². The molecule has 3 aromatic carbocycles. The fraction of sp³-hybridized carbons (Fsp3) is 0.160. The van der Waals surface area contributed by atoms with Crippen molar-refractivity contribution >= 4 is 33.0 Å². The molecule has 1 aliphatic carbocycles. The summed E-state index contributed by atoms with van der Waals surface area (Å²) in [6, 6.07) is 22.8. The Morgan fingerprint density at radius 1 is 0.929 bits per heavy atom. The lowest BCUT2D eigenvalue weighted by molar-refractivity contribution is 0.674. The van der Waals surface area contributed by atoms with Crippen molar-refractivity contribution in [2.45, 2.75) is 29.4 Å². The average Bonchev–Trinajstić information content (AvgIpc) is 2.91. The van der Waals surface area contributed by atoms with Crippen LogP contribution in [0.25, 0.3) is 10.8 Å². The number of aliphatic imine (C=N–C) groups is 1. The molecule has 2 aliphatic rings. The topological polar surface area (TPSA) is 29.4 Å². The lowest BCUT2D eigenvalue weighted by atomic mass is 9.95. The molecule has 0 fully saturated rings. The van der Waals surface area contributed by atoms with Gasteiger partial charge in [-0.2, -0.15) is 0 Å². The largest absolute Gasteiger partial charge is 0.254 e. The molecule has 3 heteroatoms. The summed E-state index contributed by atoms with van der Waals surface area (Å²) in [5, 5.41) is 2.40. The van der Waals surface area contributed by atoms with E-state index in [2.05, 4.69) is 60.7 Å². The molecule has 0 spiro atoms. The molecule has 28 heavy (non-hydrogen) atoms. The molecule has 1 aliphatic heterocycles. The molecular weight excluding hydrogens is 362 g/mol.